The van der Waals surface area contributed by atoms with Crippen molar-refractivity contribution in [2.45, 2.75) is 50.5 Å². The number of nitrogens with zero attached hydrogens (tertiary/aromatic N) is 5. The lowest BCUT2D eigenvalue weighted by Crippen LogP contribution is -2.59. The molecule has 1 aromatic heterocycles. The van der Waals surface area contributed by atoms with Crippen LogP contribution in [0.15, 0.2) is 30.5 Å². The van der Waals surface area contributed by atoms with Crippen molar-refractivity contribution in [3.8, 4) is 0 Å². The molecule has 5 heterocycles. The fourth-order valence-electron chi connectivity index (χ4n) is 6.36. The van der Waals surface area contributed by atoms with Gasteiger partial charge in [0.05, 0.1) is 23.6 Å². The number of halogens is 1. The minimum atomic E-state index is -0.197. The number of anilines is 3. The third-order valence-electron chi connectivity index (χ3n) is 8.31. The molecule has 3 unspecified atom stereocenters. The summed E-state index contributed by atoms with van der Waals surface area (Å²) in [4.78, 5) is 16.3. The lowest BCUT2D eigenvalue weighted by Gasteiger charge is -2.41. The Balaban J connectivity index is 1.08. The highest BCUT2D eigenvalue weighted by Gasteiger charge is 2.42. The highest BCUT2D eigenvalue weighted by molar-refractivity contribution is 5.61. The van der Waals surface area contributed by atoms with Gasteiger partial charge in [-0.15, -0.1) is 0 Å². The Morgan fingerprint density at radius 2 is 2.00 bits per heavy atom. The number of hydrogen-bond acceptors (Lipinski definition) is 8. The van der Waals surface area contributed by atoms with Gasteiger partial charge < -0.3 is 15.5 Å². The first kappa shape index (κ1) is 23.1. The summed E-state index contributed by atoms with van der Waals surface area (Å²) < 4.78 is 15.1. The van der Waals surface area contributed by atoms with Crippen molar-refractivity contribution in [2.24, 2.45) is 5.92 Å². The standard InChI is InChI=1S/C26H37FN8/c1-17-4-3-9-34(14-17)25-13-29-23(12-30-25)22-7-8-28-26(32-22)31-18-5-6-24(21(27)10-18)35-16-19-11-20(35)15-33(19)2/h5-8,10,17,19-20,23,25,29-30H,3-4,9,11-16H2,1-2H3,(H,28,31,32)/t17?,19-,20-,23?,25?/m0/s1. The van der Waals surface area contributed by atoms with Crippen LogP contribution in [0.1, 0.15) is 37.9 Å². The Morgan fingerprint density at radius 1 is 1.09 bits per heavy atom. The lowest BCUT2D eigenvalue weighted by atomic mass is 9.99. The summed E-state index contributed by atoms with van der Waals surface area (Å²) in [6.07, 6.45) is 5.88. The lowest BCUT2D eigenvalue weighted by molar-refractivity contribution is 0.0888. The van der Waals surface area contributed by atoms with Crippen LogP contribution in [0.3, 0.4) is 0 Å². The molecule has 2 aromatic rings. The number of likely N-dealkylation sites (tertiary alicyclic amines) is 2. The van der Waals surface area contributed by atoms with E-state index < -0.39 is 0 Å². The molecule has 0 radical (unpaired) electrons. The van der Waals surface area contributed by atoms with E-state index in [9.17, 15) is 0 Å². The van der Waals surface area contributed by atoms with Crippen LogP contribution in [0.5, 0.6) is 0 Å². The Bertz CT molecular complexity index is 1040. The number of piperazine rings is 2. The number of nitrogens with one attached hydrogen (secondary N) is 3. The van der Waals surface area contributed by atoms with Gasteiger partial charge in [-0.05, 0) is 63.0 Å². The molecular formula is C26H37FN8. The van der Waals surface area contributed by atoms with Gasteiger partial charge in [-0.25, -0.2) is 14.4 Å². The summed E-state index contributed by atoms with van der Waals surface area (Å²) in [5.74, 6) is 1.06. The van der Waals surface area contributed by atoms with Crippen LogP contribution in [-0.4, -0.2) is 84.3 Å². The normalized spacial score (nSPS) is 31.7. The molecule has 4 aliphatic rings. The minimum Gasteiger partial charge on any atom is -0.363 e. The second kappa shape index (κ2) is 9.61. The number of benzene rings is 1. The number of hydrogen-bond donors (Lipinski definition) is 3. The molecule has 2 bridgehead atoms. The number of aromatic nitrogens is 2. The van der Waals surface area contributed by atoms with Crippen molar-refractivity contribution in [1.29, 1.82) is 0 Å². The first-order chi connectivity index (χ1) is 17.0. The van der Waals surface area contributed by atoms with E-state index in [1.165, 1.54) is 19.4 Å². The molecule has 9 heteroatoms. The monoisotopic (exact) mass is 480 g/mol. The summed E-state index contributed by atoms with van der Waals surface area (Å²) in [6.45, 7) is 8.30. The number of likely N-dealkylation sites (N-methyl/N-ethyl adjacent to an activating group) is 1. The van der Waals surface area contributed by atoms with E-state index in [1.54, 1.807) is 12.3 Å². The van der Waals surface area contributed by atoms with Gasteiger partial charge in [0.25, 0.3) is 0 Å². The highest BCUT2D eigenvalue weighted by atomic mass is 19.1. The maximum atomic E-state index is 15.1. The number of fused-ring (bicyclic) bond motifs is 2. The molecule has 3 N–H and O–H groups in total. The van der Waals surface area contributed by atoms with Gasteiger partial charge in [-0.3, -0.25) is 15.1 Å². The van der Waals surface area contributed by atoms with Crippen molar-refractivity contribution in [3.63, 3.8) is 0 Å². The molecule has 0 aliphatic carbocycles. The molecule has 0 amide bonds. The van der Waals surface area contributed by atoms with Gasteiger partial charge in [0, 0.05) is 56.7 Å². The molecule has 188 valence electrons. The van der Waals surface area contributed by atoms with E-state index >= 15 is 4.39 Å². The first-order valence-electron chi connectivity index (χ1n) is 13.1. The van der Waals surface area contributed by atoms with E-state index in [0.717, 1.165) is 50.8 Å². The fraction of sp³-hybridized carbons (Fsp3) is 0.615. The summed E-state index contributed by atoms with van der Waals surface area (Å²) in [6, 6.07) is 8.40. The molecule has 35 heavy (non-hydrogen) atoms. The molecule has 4 fully saturated rings. The van der Waals surface area contributed by atoms with Gasteiger partial charge in [-0.1, -0.05) is 6.92 Å². The van der Waals surface area contributed by atoms with Crippen LogP contribution in [0.25, 0.3) is 0 Å². The van der Waals surface area contributed by atoms with Crippen LogP contribution in [-0.2, 0) is 0 Å². The molecule has 1 aromatic carbocycles. The largest absolute Gasteiger partial charge is 0.363 e. The zero-order valence-corrected chi connectivity index (χ0v) is 20.8. The Morgan fingerprint density at radius 3 is 2.71 bits per heavy atom. The summed E-state index contributed by atoms with van der Waals surface area (Å²) in [5, 5.41) is 10.6. The van der Waals surface area contributed by atoms with Crippen molar-refractivity contribution in [1.82, 2.24) is 30.4 Å². The van der Waals surface area contributed by atoms with Crippen molar-refractivity contribution in [2.75, 3.05) is 56.5 Å². The zero-order chi connectivity index (χ0) is 23.9. The smallest absolute Gasteiger partial charge is 0.227 e. The third kappa shape index (κ3) is 4.74. The maximum Gasteiger partial charge on any atom is 0.227 e. The molecule has 4 aliphatic heterocycles. The highest BCUT2D eigenvalue weighted by Crippen LogP contribution is 2.35. The second-order valence-electron chi connectivity index (χ2n) is 10.9. The van der Waals surface area contributed by atoms with Crippen molar-refractivity contribution in [3.05, 3.63) is 42.0 Å². The van der Waals surface area contributed by atoms with Gasteiger partial charge in [-0.2, -0.15) is 0 Å². The van der Waals surface area contributed by atoms with E-state index in [0.29, 0.717) is 35.6 Å². The fourth-order valence-corrected chi connectivity index (χ4v) is 6.36. The van der Waals surface area contributed by atoms with Crippen LogP contribution in [0.2, 0.25) is 0 Å². The summed E-state index contributed by atoms with van der Waals surface area (Å²) >= 11 is 0. The molecule has 4 saturated heterocycles. The Labute approximate surface area is 207 Å². The topological polar surface area (TPSA) is 71.6 Å². The van der Waals surface area contributed by atoms with E-state index in [1.807, 2.05) is 18.2 Å². The predicted molar refractivity (Wildman–Crippen MR) is 136 cm³/mol. The first-order valence-corrected chi connectivity index (χ1v) is 13.1. The van der Waals surface area contributed by atoms with Gasteiger partial charge in [0.1, 0.15) is 5.82 Å². The molecule has 5 atom stereocenters. The van der Waals surface area contributed by atoms with E-state index in [-0.39, 0.29) is 11.9 Å². The van der Waals surface area contributed by atoms with Crippen LogP contribution in [0.4, 0.5) is 21.7 Å². The van der Waals surface area contributed by atoms with Crippen LogP contribution in [0, 0.1) is 11.7 Å². The number of piperidine rings is 1. The zero-order valence-electron chi connectivity index (χ0n) is 20.8. The molecule has 8 nitrogen and oxygen atoms in total. The molecule has 6 rings (SSSR count). The quantitative estimate of drug-likeness (QED) is 0.603. The molecule has 0 saturated carbocycles. The average molecular weight is 481 g/mol. The van der Waals surface area contributed by atoms with Crippen LogP contribution < -0.4 is 20.9 Å². The van der Waals surface area contributed by atoms with E-state index in [4.69, 9.17) is 4.98 Å². The maximum absolute atomic E-state index is 15.1. The van der Waals surface area contributed by atoms with Crippen LogP contribution >= 0.6 is 0 Å². The molecular weight excluding hydrogens is 443 g/mol. The Kier molecular flexibility index (Phi) is 6.34. The minimum absolute atomic E-state index is 0.125. The molecule has 0 spiro atoms. The average Bonchev–Trinajstić information content (AvgIpc) is 3.44. The summed E-state index contributed by atoms with van der Waals surface area (Å²) in [7, 11) is 2.16. The predicted octanol–water partition coefficient (Wildman–Crippen LogP) is 2.54. The Hall–Kier alpha value is -2.33. The van der Waals surface area contributed by atoms with Crippen molar-refractivity contribution >= 4 is 17.3 Å². The third-order valence-corrected chi connectivity index (χ3v) is 8.31. The SMILES string of the molecule is CC1CCCN(C2CNC(c3ccnc(Nc4ccc(N5C[C@@H]6C[C@H]5CN6C)c(F)c4)n3)CN2)C1. The van der Waals surface area contributed by atoms with Gasteiger partial charge >= 0.3 is 0 Å². The van der Waals surface area contributed by atoms with Gasteiger partial charge in [0.2, 0.25) is 5.95 Å². The van der Waals surface area contributed by atoms with E-state index in [2.05, 4.69) is 49.6 Å². The number of rotatable bonds is 5. The van der Waals surface area contributed by atoms with Gasteiger partial charge in [0.15, 0.2) is 0 Å². The van der Waals surface area contributed by atoms with Crippen molar-refractivity contribution < 1.29 is 4.39 Å². The summed E-state index contributed by atoms with van der Waals surface area (Å²) in [5.41, 5.74) is 2.30. The second-order valence-corrected chi connectivity index (χ2v) is 10.9.